The molecule has 4 nitrogen and oxygen atoms in total. The molecule has 0 spiro atoms. The lowest BCUT2D eigenvalue weighted by Crippen LogP contribution is -2.23. The smallest absolute Gasteiger partial charge is 0.358 e. The Hall–Kier alpha value is -1.19. The van der Waals surface area contributed by atoms with Gasteiger partial charge >= 0.3 is 5.69 Å². The van der Waals surface area contributed by atoms with E-state index in [1.807, 2.05) is 6.92 Å². The SMILES string of the molecule is CCOn1cc[nH]c1=O. The van der Waals surface area contributed by atoms with E-state index in [0.717, 1.165) is 4.73 Å². The second kappa shape index (κ2) is 2.39. The van der Waals surface area contributed by atoms with Gasteiger partial charge < -0.3 is 9.82 Å². The molecule has 0 aliphatic carbocycles. The maximum atomic E-state index is 10.6. The van der Waals surface area contributed by atoms with Crippen molar-refractivity contribution in [2.24, 2.45) is 0 Å². The number of imidazole rings is 1. The molecule has 0 radical (unpaired) electrons. The summed E-state index contributed by atoms with van der Waals surface area (Å²) in [5, 5.41) is 0. The number of aromatic amines is 1. The zero-order valence-electron chi connectivity index (χ0n) is 5.13. The van der Waals surface area contributed by atoms with Gasteiger partial charge in [-0.1, -0.05) is 0 Å². The fraction of sp³-hybridized carbons (Fsp3) is 0.400. The highest BCUT2D eigenvalue weighted by atomic mass is 16.7. The minimum atomic E-state index is -0.239. The maximum absolute atomic E-state index is 10.6. The summed E-state index contributed by atoms with van der Waals surface area (Å²) >= 11 is 0. The second-order valence-electron chi connectivity index (χ2n) is 1.51. The van der Waals surface area contributed by atoms with E-state index in [1.54, 1.807) is 0 Å². The number of aromatic nitrogens is 2. The van der Waals surface area contributed by atoms with E-state index in [0.29, 0.717) is 6.61 Å². The second-order valence-corrected chi connectivity index (χ2v) is 1.51. The molecule has 0 aliphatic heterocycles. The van der Waals surface area contributed by atoms with Crippen LogP contribution >= 0.6 is 0 Å². The highest BCUT2D eigenvalue weighted by molar-refractivity contribution is 4.71. The molecule has 1 rings (SSSR count). The topological polar surface area (TPSA) is 47.0 Å². The first kappa shape index (κ1) is 5.94. The molecule has 1 aromatic heterocycles. The molecular weight excluding hydrogens is 120 g/mol. The number of nitrogens with one attached hydrogen (secondary N) is 1. The minimum absolute atomic E-state index is 0.239. The van der Waals surface area contributed by atoms with Gasteiger partial charge in [0.2, 0.25) is 0 Å². The Morgan fingerprint density at radius 3 is 3.11 bits per heavy atom. The van der Waals surface area contributed by atoms with E-state index in [4.69, 9.17) is 4.84 Å². The molecule has 1 N–H and O–H groups in total. The van der Waals surface area contributed by atoms with E-state index in [9.17, 15) is 4.79 Å². The van der Waals surface area contributed by atoms with Crippen LogP contribution in [0.3, 0.4) is 0 Å². The molecule has 1 aromatic rings. The number of hydrogen-bond donors (Lipinski definition) is 1. The quantitative estimate of drug-likeness (QED) is 0.590. The fourth-order valence-corrected chi connectivity index (χ4v) is 0.548. The van der Waals surface area contributed by atoms with Gasteiger partial charge in [0.25, 0.3) is 0 Å². The molecule has 0 bridgehead atoms. The summed E-state index contributed by atoms with van der Waals surface area (Å²) in [5.41, 5.74) is -0.239. The van der Waals surface area contributed by atoms with Crippen LogP contribution in [-0.4, -0.2) is 16.3 Å². The van der Waals surface area contributed by atoms with Crippen molar-refractivity contribution in [3.8, 4) is 0 Å². The van der Waals surface area contributed by atoms with Gasteiger partial charge in [0, 0.05) is 6.20 Å². The highest BCUT2D eigenvalue weighted by Crippen LogP contribution is 1.70. The fourth-order valence-electron chi connectivity index (χ4n) is 0.548. The predicted molar refractivity (Wildman–Crippen MR) is 32.2 cm³/mol. The van der Waals surface area contributed by atoms with Crippen LogP contribution in [0.2, 0.25) is 0 Å². The Labute approximate surface area is 52.0 Å². The Kier molecular flexibility index (Phi) is 1.58. The van der Waals surface area contributed by atoms with Gasteiger partial charge in [-0.15, -0.1) is 4.73 Å². The minimum Gasteiger partial charge on any atom is -0.410 e. The van der Waals surface area contributed by atoms with E-state index < -0.39 is 0 Å². The predicted octanol–water partition coefficient (Wildman–Crippen LogP) is -0.375. The maximum Gasteiger partial charge on any atom is 0.358 e. The van der Waals surface area contributed by atoms with Crippen LogP contribution in [0.1, 0.15) is 6.92 Å². The number of nitrogens with zero attached hydrogens (tertiary/aromatic N) is 1. The summed E-state index contributed by atoms with van der Waals surface area (Å²) in [6.07, 6.45) is 3.06. The van der Waals surface area contributed by atoms with Crippen LogP contribution in [-0.2, 0) is 0 Å². The first-order valence-corrected chi connectivity index (χ1v) is 2.74. The van der Waals surface area contributed by atoms with Crippen LogP contribution in [0, 0.1) is 0 Å². The van der Waals surface area contributed by atoms with Crippen molar-refractivity contribution in [3.05, 3.63) is 22.9 Å². The van der Waals surface area contributed by atoms with Crippen LogP contribution < -0.4 is 10.5 Å². The molecule has 0 aromatic carbocycles. The van der Waals surface area contributed by atoms with Crippen molar-refractivity contribution in [3.63, 3.8) is 0 Å². The number of hydrogen-bond acceptors (Lipinski definition) is 2. The zero-order chi connectivity index (χ0) is 6.69. The summed E-state index contributed by atoms with van der Waals surface area (Å²) in [7, 11) is 0. The van der Waals surface area contributed by atoms with Crippen molar-refractivity contribution in [2.75, 3.05) is 6.61 Å². The van der Waals surface area contributed by atoms with E-state index >= 15 is 0 Å². The van der Waals surface area contributed by atoms with Crippen molar-refractivity contribution in [2.45, 2.75) is 6.92 Å². The van der Waals surface area contributed by atoms with E-state index in [-0.39, 0.29) is 5.69 Å². The standard InChI is InChI=1S/C5H8N2O2/c1-2-9-7-4-3-6-5(7)8/h3-4H,2H2,1H3,(H,6,8). The molecule has 0 atom stereocenters. The monoisotopic (exact) mass is 128 g/mol. The lowest BCUT2D eigenvalue weighted by atomic mass is 10.9. The van der Waals surface area contributed by atoms with Gasteiger partial charge in [-0.25, -0.2) is 4.79 Å². The van der Waals surface area contributed by atoms with Gasteiger partial charge in [-0.2, -0.15) is 0 Å². The molecule has 1 heterocycles. The molecule has 50 valence electrons. The Morgan fingerprint density at radius 2 is 2.67 bits per heavy atom. The molecule has 0 saturated heterocycles. The first-order chi connectivity index (χ1) is 4.34. The number of rotatable bonds is 2. The Balaban J connectivity index is 2.81. The molecule has 9 heavy (non-hydrogen) atoms. The van der Waals surface area contributed by atoms with Gasteiger partial charge in [0.15, 0.2) is 0 Å². The molecule has 0 fully saturated rings. The lowest BCUT2D eigenvalue weighted by molar-refractivity contribution is 0.114. The normalized spacial score (nSPS) is 9.44. The van der Waals surface area contributed by atoms with Crippen molar-refractivity contribution in [1.82, 2.24) is 9.71 Å². The third-order valence-corrected chi connectivity index (χ3v) is 0.885. The zero-order valence-corrected chi connectivity index (χ0v) is 5.13. The van der Waals surface area contributed by atoms with Crippen molar-refractivity contribution < 1.29 is 4.84 Å². The van der Waals surface area contributed by atoms with Gasteiger partial charge in [-0.3, -0.25) is 0 Å². The average Bonchev–Trinajstić information content (AvgIpc) is 2.18. The molecule has 0 aliphatic rings. The van der Waals surface area contributed by atoms with Crippen LogP contribution in [0.25, 0.3) is 0 Å². The number of H-pyrrole nitrogens is 1. The summed E-state index contributed by atoms with van der Waals surface area (Å²) in [4.78, 5) is 17.9. The first-order valence-electron chi connectivity index (χ1n) is 2.74. The van der Waals surface area contributed by atoms with E-state index in [2.05, 4.69) is 4.98 Å². The average molecular weight is 128 g/mol. The third kappa shape index (κ3) is 1.13. The van der Waals surface area contributed by atoms with E-state index in [1.165, 1.54) is 12.4 Å². The van der Waals surface area contributed by atoms with Gasteiger partial charge in [0.05, 0.1) is 6.20 Å². The molecule has 0 saturated carbocycles. The summed E-state index contributed by atoms with van der Waals surface area (Å²) < 4.78 is 1.15. The molecule has 0 amide bonds. The van der Waals surface area contributed by atoms with Gasteiger partial charge in [0.1, 0.15) is 6.61 Å². The molecule has 4 heteroatoms. The third-order valence-electron chi connectivity index (χ3n) is 0.885. The van der Waals surface area contributed by atoms with Crippen LogP contribution in [0.15, 0.2) is 17.2 Å². The lowest BCUT2D eigenvalue weighted by Gasteiger charge is -1.97. The summed E-state index contributed by atoms with van der Waals surface area (Å²) in [5.74, 6) is 0. The van der Waals surface area contributed by atoms with Crippen LogP contribution in [0.5, 0.6) is 0 Å². The Bertz CT molecular complexity index is 225. The molecular formula is C5H8N2O2. The highest BCUT2D eigenvalue weighted by Gasteiger charge is 1.90. The van der Waals surface area contributed by atoms with Crippen molar-refractivity contribution in [1.29, 1.82) is 0 Å². The van der Waals surface area contributed by atoms with Crippen LogP contribution in [0.4, 0.5) is 0 Å². The molecule has 0 unspecified atom stereocenters. The Morgan fingerprint density at radius 1 is 1.89 bits per heavy atom. The van der Waals surface area contributed by atoms with Gasteiger partial charge in [-0.05, 0) is 6.92 Å². The van der Waals surface area contributed by atoms with Crippen molar-refractivity contribution >= 4 is 0 Å². The summed E-state index contributed by atoms with van der Waals surface area (Å²) in [6.45, 7) is 2.32. The largest absolute Gasteiger partial charge is 0.410 e. The summed E-state index contributed by atoms with van der Waals surface area (Å²) in [6, 6.07) is 0.